The van der Waals surface area contributed by atoms with Gasteiger partial charge < -0.3 is 9.47 Å². The van der Waals surface area contributed by atoms with Crippen LogP contribution in [0.5, 0.6) is 0 Å². The van der Waals surface area contributed by atoms with Crippen molar-refractivity contribution in [3.05, 3.63) is 182 Å². The maximum absolute atomic E-state index is 9.02. The van der Waals surface area contributed by atoms with E-state index in [1.807, 2.05) is 30.3 Å². The lowest BCUT2D eigenvalue weighted by molar-refractivity contribution is 1.18. The fraction of sp³-hybridized carbons (Fsp3) is 0. The molecule has 2 nitrogen and oxygen atoms in total. The zero-order valence-corrected chi connectivity index (χ0v) is 27.1. The Bertz CT molecular complexity index is 3080. The molecule has 0 saturated heterocycles. The number of hydrogen-bond acceptors (Lipinski definition) is 2. The quantitative estimate of drug-likeness (QED) is 0.180. The lowest BCUT2D eigenvalue weighted by atomic mass is 10.0. The van der Waals surface area contributed by atoms with Gasteiger partial charge in [-0.1, -0.05) is 127 Å². The molecule has 0 bridgehead atoms. The van der Waals surface area contributed by atoms with Gasteiger partial charge in [-0.3, -0.25) is 0 Å². The van der Waals surface area contributed by atoms with Crippen LogP contribution in [-0.4, -0.2) is 4.57 Å². The standard InChI is InChI=1S/C46H30N2S/c1-3-13-33(14-4-1)47(36-27-29-40-42-28-24-31-12-7-8-17-38(31)46(42)49-44(40)30-36)35-25-22-32(23-26-35)37-19-11-20-41-39-18-9-10-21-43(39)48(45(37)41)34-15-5-2-6-16-34/h1-30H/i1D,3D,4D,13D,14D. The molecular weight excluding hydrogens is 613 g/mol. The number of anilines is 3. The minimum absolute atomic E-state index is 0.103. The van der Waals surface area contributed by atoms with Gasteiger partial charge >= 0.3 is 0 Å². The molecule has 8 aromatic carbocycles. The van der Waals surface area contributed by atoms with Crippen molar-refractivity contribution in [2.75, 3.05) is 4.90 Å². The lowest BCUT2D eigenvalue weighted by Crippen LogP contribution is -2.09. The Kier molecular flexibility index (Phi) is 5.32. The first-order valence-electron chi connectivity index (χ1n) is 18.8. The Morgan fingerprint density at radius 2 is 1.22 bits per heavy atom. The molecule has 2 aromatic heterocycles. The molecule has 10 rings (SSSR count). The molecule has 49 heavy (non-hydrogen) atoms. The van der Waals surface area contributed by atoms with E-state index in [1.54, 1.807) is 16.2 Å². The highest BCUT2D eigenvalue weighted by Gasteiger charge is 2.18. The van der Waals surface area contributed by atoms with Crippen molar-refractivity contribution in [3.63, 3.8) is 0 Å². The van der Waals surface area contributed by atoms with Gasteiger partial charge in [0.1, 0.15) is 0 Å². The zero-order valence-electron chi connectivity index (χ0n) is 31.2. The molecule has 0 amide bonds. The van der Waals surface area contributed by atoms with E-state index in [4.69, 9.17) is 6.85 Å². The van der Waals surface area contributed by atoms with Crippen LogP contribution in [0.4, 0.5) is 17.1 Å². The van der Waals surface area contributed by atoms with E-state index in [0.717, 1.165) is 43.3 Å². The average molecular weight is 648 g/mol. The number of thiophene rings is 1. The maximum atomic E-state index is 9.02. The Hall–Kier alpha value is -6.16. The molecule has 0 N–H and O–H groups in total. The van der Waals surface area contributed by atoms with Gasteiger partial charge in [0.2, 0.25) is 0 Å². The van der Waals surface area contributed by atoms with Crippen LogP contribution in [0.1, 0.15) is 6.85 Å². The van der Waals surface area contributed by atoms with Crippen molar-refractivity contribution in [1.82, 2.24) is 4.57 Å². The average Bonchev–Trinajstić information content (AvgIpc) is 3.77. The van der Waals surface area contributed by atoms with Gasteiger partial charge in [-0.15, -0.1) is 11.3 Å². The molecular formula is C46H30N2S. The third-order valence-corrected chi connectivity index (χ3v) is 10.7. The largest absolute Gasteiger partial charge is 0.310 e. The van der Waals surface area contributed by atoms with Crippen molar-refractivity contribution in [2.45, 2.75) is 0 Å². The van der Waals surface area contributed by atoms with Gasteiger partial charge in [0.15, 0.2) is 0 Å². The Morgan fingerprint density at radius 3 is 2.08 bits per heavy atom. The summed E-state index contributed by atoms with van der Waals surface area (Å²) in [7, 11) is 0. The van der Waals surface area contributed by atoms with Crippen LogP contribution in [0.3, 0.4) is 0 Å². The van der Waals surface area contributed by atoms with Gasteiger partial charge in [-0.2, -0.15) is 0 Å². The smallest absolute Gasteiger partial charge is 0.0645 e. The summed E-state index contributed by atoms with van der Waals surface area (Å²) in [5.41, 5.74) is 6.85. The molecule has 0 spiro atoms. The predicted molar refractivity (Wildman–Crippen MR) is 211 cm³/mol. The maximum Gasteiger partial charge on any atom is 0.0645 e. The SMILES string of the molecule is [2H]c1c([2H])c([2H])c(N(c2ccc(-c3cccc4c5ccccc5n(-c5ccccc5)c34)cc2)c2ccc3c(c2)sc2c4ccccc4ccc32)c([2H])c1[2H]. The summed E-state index contributed by atoms with van der Waals surface area (Å²) in [6.07, 6.45) is 0. The second-order valence-corrected chi connectivity index (χ2v) is 13.2. The summed E-state index contributed by atoms with van der Waals surface area (Å²) in [5.74, 6) is 0. The van der Waals surface area contributed by atoms with Crippen LogP contribution in [0.25, 0.3) is 69.6 Å². The Balaban J connectivity index is 1.17. The first kappa shape index (κ1) is 23.2. The first-order valence-corrected chi connectivity index (χ1v) is 17.1. The van der Waals surface area contributed by atoms with E-state index in [0.29, 0.717) is 11.4 Å². The number of aromatic nitrogens is 1. The normalized spacial score (nSPS) is 13.1. The van der Waals surface area contributed by atoms with E-state index in [-0.39, 0.29) is 29.9 Å². The van der Waals surface area contributed by atoms with E-state index in [9.17, 15) is 0 Å². The van der Waals surface area contributed by atoms with Crippen molar-refractivity contribution >= 4 is 81.1 Å². The van der Waals surface area contributed by atoms with Crippen molar-refractivity contribution in [3.8, 4) is 16.8 Å². The highest BCUT2D eigenvalue weighted by Crippen LogP contribution is 2.43. The summed E-state index contributed by atoms with van der Waals surface area (Å²) in [6, 6.07) is 50.5. The summed E-state index contributed by atoms with van der Waals surface area (Å²) < 4.78 is 48.0. The Morgan fingerprint density at radius 1 is 0.510 bits per heavy atom. The van der Waals surface area contributed by atoms with Gasteiger partial charge in [0.25, 0.3) is 0 Å². The molecule has 0 fully saturated rings. The highest BCUT2D eigenvalue weighted by atomic mass is 32.1. The fourth-order valence-electron chi connectivity index (χ4n) is 7.28. The van der Waals surface area contributed by atoms with Crippen LogP contribution >= 0.6 is 11.3 Å². The Labute approximate surface area is 295 Å². The fourth-order valence-corrected chi connectivity index (χ4v) is 8.55. The van der Waals surface area contributed by atoms with Crippen LogP contribution in [0.2, 0.25) is 0 Å². The van der Waals surface area contributed by atoms with Crippen molar-refractivity contribution in [1.29, 1.82) is 0 Å². The second kappa shape index (κ2) is 11.2. The van der Waals surface area contributed by atoms with E-state index in [2.05, 4.69) is 126 Å². The zero-order chi connectivity index (χ0) is 36.7. The van der Waals surface area contributed by atoms with E-state index < -0.39 is 6.04 Å². The summed E-state index contributed by atoms with van der Waals surface area (Å²) in [6.45, 7) is 0. The molecule has 2 heterocycles. The van der Waals surface area contributed by atoms with Crippen LogP contribution in [-0.2, 0) is 0 Å². The minimum atomic E-state index is -0.419. The molecule has 0 aliphatic rings. The molecule has 230 valence electrons. The lowest BCUT2D eigenvalue weighted by Gasteiger charge is -2.26. The van der Waals surface area contributed by atoms with Gasteiger partial charge in [0, 0.05) is 59.3 Å². The summed E-state index contributed by atoms with van der Waals surface area (Å²) >= 11 is 1.71. The summed E-state index contributed by atoms with van der Waals surface area (Å²) in [5, 5.41) is 6.98. The molecule has 0 aliphatic carbocycles. The number of benzene rings is 8. The topological polar surface area (TPSA) is 8.17 Å². The third kappa shape index (κ3) is 4.47. The van der Waals surface area contributed by atoms with Crippen LogP contribution < -0.4 is 4.90 Å². The number of hydrogen-bond donors (Lipinski definition) is 0. The minimum Gasteiger partial charge on any atom is -0.310 e. The van der Waals surface area contributed by atoms with Gasteiger partial charge in [0.05, 0.1) is 17.9 Å². The van der Waals surface area contributed by atoms with Crippen LogP contribution in [0.15, 0.2) is 182 Å². The van der Waals surface area contributed by atoms with Crippen molar-refractivity contribution < 1.29 is 6.85 Å². The monoisotopic (exact) mass is 647 g/mol. The van der Waals surface area contributed by atoms with Gasteiger partial charge in [-0.25, -0.2) is 0 Å². The van der Waals surface area contributed by atoms with E-state index >= 15 is 0 Å². The van der Waals surface area contributed by atoms with Crippen LogP contribution in [0, 0.1) is 0 Å². The molecule has 0 radical (unpaired) electrons. The number of rotatable bonds is 5. The molecule has 3 heteroatoms. The van der Waals surface area contributed by atoms with E-state index in [1.165, 1.54) is 26.2 Å². The summed E-state index contributed by atoms with van der Waals surface area (Å²) in [4.78, 5) is 1.80. The highest BCUT2D eigenvalue weighted by molar-refractivity contribution is 7.26. The second-order valence-electron chi connectivity index (χ2n) is 12.2. The predicted octanol–water partition coefficient (Wildman–Crippen LogP) is 13.4. The number of fused-ring (bicyclic) bond motifs is 8. The molecule has 0 atom stereocenters. The molecule has 0 unspecified atom stereocenters. The molecule has 10 aromatic rings. The number of nitrogens with zero attached hydrogens (tertiary/aromatic N) is 2. The first-order chi connectivity index (χ1) is 26.4. The number of para-hydroxylation sites is 4. The molecule has 0 saturated carbocycles. The van der Waals surface area contributed by atoms with Crippen molar-refractivity contribution in [2.24, 2.45) is 0 Å². The third-order valence-electron chi connectivity index (χ3n) is 9.46. The molecule has 0 aliphatic heterocycles. The van der Waals surface area contributed by atoms with Gasteiger partial charge in [-0.05, 0) is 70.9 Å².